The number of benzene rings is 2. The predicted octanol–water partition coefficient (Wildman–Crippen LogP) is 1.76. The molecule has 0 atom stereocenters. The van der Waals surface area contributed by atoms with Crippen LogP contribution < -0.4 is 21.3 Å². The summed E-state index contributed by atoms with van der Waals surface area (Å²) in [6.07, 6.45) is 0. The van der Waals surface area contributed by atoms with Gasteiger partial charge >= 0.3 is 5.69 Å². The topological polar surface area (TPSA) is 140 Å². The minimum absolute atomic E-state index is 0.0787. The lowest BCUT2D eigenvalue weighted by molar-refractivity contribution is 0.0730. The minimum Gasteiger partial charge on any atom is -0.497 e. The maximum Gasteiger partial charge on any atom is 0.329 e. The Kier molecular flexibility index (Phi) is 7.66. The van der Waals surface area contributed by atoms with Crippen LogP contribution in [0, 0.1) is 0 Å². The molecule has 1 aliphatic rings. The zero-order chi connectivity index (χ0) is 27.6. The van der Waals surface area contributed by atoms with Crippen LogP contribution in [-0.2, 0) is 27.8 Å². The molecule has 5 rings (SSSR count). The van der Waals surface area contributed by atoms with Crippen LogP contribution in [0.15, 0.2) is 69.1 Å². The highest BCUT2D eigenvalue weighted by Crippen LogP contribution is 2.24. The van der Waals surface area contributed by atoms with E-state index in [-0.39, 0.29) is 34.2 Å². The van der Waals surface area contributed by atoms with E-state index in [2.05, 4.69) is 10.3 Å². The number of aromatic amines is 1. The molecule has 0 bridgehead atoms. The van der Waals surface area contributed by atoms with E-state index < -0.39 is 21.3 Å². The fourth-order valence-corrected chi connectivity index (χ4v) is 6.74. The first-order valence-electron chi connectivity index (χ1n) is 12.1. The minimum atomic E-state index is -3.65. The average molecular weight is 571 g/mol. The Labute approximate surface area is 227 Å². The molecule has 2 aromatic heterocycles. The summed E-state index contributed by atoms with van der Waals surface area (Å²) in [5, 5.41) is 3.05. The van der Waals surface area contributed by atoms with E-state index in [1.807, 2.05) is 18.2 Å². The summed E-state index contributed by atoms with van der Waals surface area (Å²) < 4.78 is 39.0. The molecule has 1 aliphatic heterocycles. The van der Waals surface area contributed by atoms with Crippen LogP contribution in [0.4, 0.5) is 0 Å². The van der Waals surface area contributed by atoms with Gasteiger partial charge in [-0.3, -0.25) is 19.1 Å². The van der Waals surface area contributed by atoms with Gasteiger partial charge in [-0.25, -0.2) is 13.2 Å². The molecule has 0 radical (unpaired) electrons. The number of fused-ring (bicyclic) bond motifs is 1. The number of amides is 1. The molecule has 204 valence electrons. The number of nitrogens with zero attached hydrogens (tertiary/aromatic N) is 2. The van der Waals surface area contributed by atoms with Crippen LogP contribution in [0.2, 0.25) is 0 Å². The second-order valence-electron chi connectivity index (χ2n) is 8.87. The second kappa shape index (κ2) is 11.1. The first-order chi connectivity index (χ1) is 18.8. The van der Waals surface area contributed by atoms with Gasteiger partial charge in [-0.05, 0) is 41.5 Å². The molecule has 2 N–H and O–H groups in total. The van der Waals surface area contributed by atoms with Crippen LogP contribution in [-0.4, -0.2) is 61.6 Å². The SMILES string of the molecule is COc1cccc(CNC(=O)c2cc3c(=O)[nH]c(=O)n(Cc4ccc(S(=O)(=O)N5CCOCC5)cc4)c3s2)c1. The zero-order valence-corrected chi connectivity index (χ0v) is 22.6. The molecule has 4 aromatic rings. The molecule has 39 heavy (non-hydrogen) atoms. The number of hydrogen-bond donors (Lipinski definition) is 2. The number of H-pyrrole nitrogens is 1. The van der Waals surface area contributed by atoms with Gasteiger partial charge in [0.05, 0.1) is 42.0 Å². The summed E-state index contributed by atoms with van der Waals surface area (Å²) in [7, 11) is -2.08. The van der Waals surface area contributed by atoms with Crippen molar-refractivity contribution in [2.45, 2.75) is 18.0 Å². The Hall–Kier alpha value is -3.78. The molecule has 0 spiro atoms. The normalized spacial score (nSPS) is 14.4. The molecule has 0 aliphatic carbocycles. The van der Waals surface area contributed by atoms with Crippen LogP contribution >= 0.6 is 11.3 Å². The van der Waals surface area contributed by atoms with Gasteiger partial charge in [-0.2, -0.15) is 4.31 Å². The molecule has 1 amide bonds. The first kappa shape index (κ1) is 26.8. The number of thiophene rings is 1. The summed E-state index contributed by atoms with van der Waals surface area (Å²) in [6.45, 7) is 1.63. The third-order valence-corrected chi connectivity index (χ3v) is 9.42. The highest BCUT2D eigenvalue weighted by molar-refractivity contribution is 7.89. The lowest BCUT2D eigenvalue weighted by Crippen LogP contribution is -2.40. The molecule has 2 aromatic carbocycles. The number of methoxy groups -OCH3 is 1. The number of carbonyl (C=O) groups excluding carboxylic acids is 1. The monoisotopic (exact) mass is 570 g/mol. The third-order valence-electron chi connectivity index (χ3n) is 6.35. The Morgan fingerprint density at radius 2 is 1.82 bits per heavy atom. The third kappa shape index (κ3) is 5.66. The van der Waals surface area contributed by atoms with E-state index in [0.29, 0.717) is 42.4 Å². The number of ether oxygens (including phenoxy) is 2. The van der Waals surface area contributed by atoms with Gasteiger partial charge in [0.1, 0.15) is 10.6 Å². The molecule has 0 unspecified atom stereocenters. The van der Waals surface area contributed by atoms with Crippen LogP contribution in [0.1, 0.15) is 20.8 Å². The fourth-order valence-electron chi connectivity index (χ4n) is 4.26. The van der Waals surface area contributed by atoms with Crippen LogP contribution in [0.5, 0.6) is 5.75 Å². The van der Waals surface area contributed by atoms with Gasteiger partial charge in [0.2, 0.25) is 10.0 Å². The maximum absolute atomic E-state index is 12.9. The highest BCUT2D eigenvalue weighted by Gasteiger charge is 2.26. The molecule has 0 saturated carbocycles. The summed E-state index contributed by atoms with van der Waals surface area (Å²) in [5.41, 5.74) is 0.297. The molecule has 3 heterocycles. The molecular formula is C26H26N4O7S2. The van der Waals surface area contributed by atoms with E-state index in [1.54, 1.807) is 25.3 Å². The number of rotatable bonds is 8. The van der Waals surface area contributed by atoms with E-state index in [1.165, 1.54) is 27.1 Å². The van der Waals surface area contributed by atoms with Crippen molar-refractivity contribution in [1.29, 1.82) is 0 Å². The Balaban J connectivity index is 1.37. The smallest absolute Gasteiger partial charge is 0.329 e. The Morgan fingerprint density at radius 1 is 1.08 bits per heavy atom. The molecule has 1 fully saturated rings. The van der Waals surface area contributed by atoms with Crippen molar-refractivity contribution >= 4 is 37.5 Å². The molecule has 11 nitrogen and oxygen atoms in total. The first-order valence-corrected chi connectivity index (χ1v) is 14.4. The zero-order valence-electron chi connectivity index (χ0n) is 21.0. The van der Waals surface area contributed by atoms with Crippen molar-refractivity contribution < 1.29 is 22.7 Å². The quantitative estimate of drug-likeness (QED) is 0.329. The van der Waals surface area contributed by atoms with Gasteiger partial charge in [0, 0.05) is 19.6 Å². The number of carbonyl (C=O) groups is 1. The highest BCUT2D eigenvalue weighted by atomic mass is 32.2. The Morgan fingerprint density at radius 3 is 2.54 bits per heavy atom. The molecular weight excluding hydrogens is 544 g/mol. The van der Waals surface area contributed by atoms with E-state index >= 15 is 0 Å². The summed E-state index contributed by atoms with van der Waals surface area (Å²) in [6, 6.07) is 15.0. The van der Waals surface area contributed by atoms with Gasteiger partial charge < -0.3 is 14.8 Å². The standard InChI is InChI=1S/C26H26N4O7S2/c1-36-19-4-2-3-18(13-19)15-27-24(32)22-14-21-23(31)28-26(33)30(25(21)38-22)16-17-5-7-20(8-6-17)39(34,35)29-9-11-37-12-10-29/h2-8,13-14H,9-12,15-16H2,1H3,(H,27,32)(H,28,31,33). The summed E-state index contributed by atoms with van der Waals surface area (Å²) >= 11 is 1.04. The van der Waals surface area contributed by atoms with E-state index in [9.17, 15) is 22.8 Å². The van der Waals surface area contributed by atoms with Gasteiger partial charge in [-0.1, -0.05) is 24.3 Å². The molecule has 1 saturated heterocycles. The van der Waals surface area contributed by atoms with Crippen molar-refractivity contribution in [3.8, 4) is 5.75 Å². The van der Waals surface area contributed by atoms with Gasteiger partial charge in [-0.15, -0.1) is 11.3 Å². The maximum atomic E-state index is 12.9. The van der Waals surface area contributed by atoms with Crippen LogP contribution in [0.25, 0.3) is 10.2 Å². The molecule has 13 heteroatoms. The number of hydrogen-bond acceptors (Lipinski definition) is 8. The summed E-state index contributed by atoms with van der Waals surface area (Å²) in [5.74, 6) is 0.293. The van der Waals surface area contributed by atoms with Crippen molar-refractivity contribution in [3.05, 3.63) is 91.4 Å². The number of sulfonamides is 1. The van der Waals surface area contributed by atoms with Crippen LogP contribution in [0.3, 0.4) is 0 Å². The number of morpholine rings is 1. The fraction of sp³-hybridized carbons (Fsp3) is 0.269. The number of aromatic nitrogens is 2. The second-order valence-corrected chi connectivity index (χ2v) is 11.8. The summed E-state index contributed by atoms with van der Waals surface area (Å²) in [4.78, 5) is 41.2. The predicted molar refractivity (Wildman–Crippen MR) is 146 cm³/mol. The van der Waals surface area contributed by atoms with E-state index in [0.717, 1.165) is 16.9 Å². The average Bonchev–Trinajstić information content (AvgIpc) is 3.41. The van der Waals surface area contributed by atoms with Gasteiger partial charge in [0.15, 0.2) is 0 Å². The van der Waals surface area contributed by atoms with Crippen molar-refractivity contribution in [2.75, 3.05) is 33.4 Å². The largest absolute Gasteiger partial charge is 0.497 e. The Bertz CT molecular complexity index is 1730. The lowest BCUT2D eigenvalue weighted by Gasteiger charge is -2.26. The van der Waals surface area contributed by atoms with Crippen molar-refractivity contribution in [3.63, 3.8) is 0 Å². The van der Waals surface area contributed by atoms with Crippen molar-refractivity contribution in [1.82, 2.24) is 19.2 Å². The number of nitrogens with one attached hydrogen (secondary N) is 2. The van der Waals surface area contributed by atoms with E-state index in [4.69, 9.17) is 9.47 Å². The lowest BCUT2D eigenvalue weighted by atomic mass is 10.2. The van der Waals surface area contributed by atoms with Crippen molar-refractivity contribution in [2.24, 2.45) is 0 Å². The van der Waals surface area contributed by atoms with Gasteiger partial charge in [0.25, 0.3) is 11.5 Å².